The van der Waals surface area contributed by atoms with Gasteiger partial charge in [-0.1, -0.05) is 53.5 Å². The molecule has 4 aromatic rings. The van der Waals surface area contributed by atoms with Gasteiger partial charge < -0.3 is 15.2 Å². The van der Waals surface area contributed by atoms with Gasteiger partial charge in [0.15, 0.2) is 0 Å². The highest BCUT2D eigenvalue weighted by atomic mass is 79.9. The van der Waals surface area contributed by atoms with E-state index in [1.807, 2.05) is 36.4 Å². The van der Waals surface area contributed by atoms with Gasteiger partial charge in [-0.3, -0.25) is 4.79 Å². The minimum Gasteiger partial charge on any atom is -0.506 e. The van der Waals surface area contributed by atoms with Crippen molar-refractivity contribution >= 4 is 77.4 Å². The third-order valence-corrected chi connectivity index (χ3v) is 6.45. The zero-order chi connectivity index (χ0) is 22.1. The van der Waals surface area contributed by atoms with Crippen LogP contribution >= 0.6 is 55.1 Å². The van der Waals surface area contributed by atoms with Crippen LogP contribution in [0, 0.1) is 0 Å². The van der Waals surface area contributed by atoms with Crippen molar-refractivity contribution in [2.45, 2.75) is 0 Å². The van der Waals surface area contributed by atoms with Gasteiger partial charge in [0.1, 0.15) is 17.2 Å². The molecule has 0 heterocycles. The second-order valence-electron chi connectivity index (χ2n) is 6.58. The van der Waals surface area contributed by atoms with Gasteiger partial charge >= 0.3 is 0 Å². The number of benzene rings is 4. The minimum absolute atomic E-state index is 0.0379. The molecule has 0 aliphatic heterocycles. The number of aromatic hydroxyl groups is 1. The molecule has 0 aliphatic rings. The largest absolute Gasteiger partial charge is 0.506 e. The van der Waals surface area contributed by atoms with Crippen molar-refractivity contribution < 1.29 is 14.6 Å². The summed E-state index contributed by atoms with van der Waals surface area (Å²) >= 11 is 19.1. The van der Waals surface area contributed by atoms with Crippen LogP contribution in [0.2, 0.25) is 10.0 Å². The Bertz CT molecular complexity index is 1330. The molecule has 0 unspecified atom stereocenters. The van der Waals surface area contributed by atoms with Crippen molar-refractivity contribution in [1.82, 2.24) is 0 Å². The number of anilines is 1. The van der Waals surface area contributed by atoms with Crippen molar-refractivity contribution in [3.8, 4) is 17.2 Å². The Morgan fingerprint density at radius 3 is 2.45 bits per heavy atom. The molecule has 4 nitrogen and oxygen atoms in total. The molecule has 0 saturated heterocycles. The fourth-order valence-electron chi connectivity index (χ4n) is 3.01. The summed E-state index contributed by atoms with van der Waals surface area (Å²) < 4.78 is 7.14. The smallest absolute Gasteiger partial charge is 0.259 e. The molecule has 0 bridgehead atoms. The number of amides is 1. The summed E-state index contributed by atoms with van der Waals surface area (Å²) in [6.07, 6.45) is 0. The molecule has 4 rings (SSSR count). The number of rotatable bonds is 4. The van der Waals surface area contributed by atoms with Crippen LogP contribution in [0.3, 0.4) is 0 Å². The molecule has 0 fully saturated rings. The second kappa shape index (κ2) is 9.09. The molecule has 0 saturated carbocycles. The molecule has 156 valence electrons. The third kappa shape index (κ3) is 4.67. The first-order valence-electron chi connectivity index (χ1n) is 8.97. The summed E-state index contributed by atoms with van der Waals surface area (Å²) in [6.45, 7) is 0. The number of fused-ring (bicyclic) bond motifs is 1. The van der Waals surface area contributed by atoms with E-state index in [1.54, 1.807) is 18.2 Å². The summed E-state index contributed by atoms with van der Waals surface area (Å²) in [5.74, 6) is 0.326. The van der Waals surface area contributed by atoms with E-state index in [4.69, 9.17) is 27.9 Å². The quantitative estimate of drug-likeness (QED) is 0.254. The number of ether oxygens (including phenoxy) is 1. The molecule has 0 atom stereocenters. The van der Waals surface area contributed by atoms with E-state index in [2.05, 4.69) is 37.2 Å². The number of hydrogen-bond acceptors (Lipinski definition) is 3. The van der Waals surface area contributed by atoms with Gasteiger partial charge in [0, 0.05) is 10.7 Å². The van der Waals surface area contributed by atoms with Crippen LogP contribution in [0.5, 0.6) is 17.2 Å². The second-order valence-corrected chi connectivity index (χ2v) is 9.07. The van der Waals surface area contributed by atoms with Gasteiger partial charge in [-0.15, -0.1) is 0 Å². The Hall–Kier alpha value is -2.25. The van der Waals surface area contributed by atoms with E-state index in [1.165, 1.54) is 12.1 Å². The maximum absolute atomic E-state index is 12.6. The van der Waals surface area contributed by atoms with Crippen LogP contribution in [-0.2, 0) is 0 Å². The highest BCUT2D eigenvalue weighted by Crippen LogP contribution is 2.39. The average Bonchev–Trinajstić information content (AvgIpc) is 2.74. The normalized spacial score (nSPS) is 10.8. The molecule has 31 heavy (non-hydrogen) atoms. The van der Waals surface area contributed by atoms with Crippen LogP contribution in [0.1, 0.15) is 10.4 Å². The number of phenols is 1. The van der Waals surface area contributed by atoms with E-state index in [9.17, 15) is 9.90 Å². The summed E-state index contributed by atoms with van der Waals surface area (Å²) in [6, 6.07) is 19.5. The fourth-order valence-corrected chi connectivity index (χ4v) is 4.61. The fraction of sp³-hybridized carbons (Fsp3) is 0. The van der Waals surface area contributed by atoms with Gasteiger partial charge in [-0.2, -0.15) is 0 Å². The Morgan fingerprint density at radius 2 is 1.68 bits per heavy atom. The van der Waals surface area contributed by atoms with Crippen LogP contribution in [0.25, 0.3) is 10.8 Å². The zero-order valence-corrected chi connectivity index (χ0v) is 20.3. The van der Waals surface area contributed by atoms with Crippen molar-refractivity contribution in [3.63, 3.8) is 0 Å². The van der Waals surface area contributed by atoms with Crippen LogP contribution < -0.4 is 10.1 Å². The molecule has 0 aliphatic carbocycles. The Balaban J connectivity index is 1.56. The molecular weight excluding hydrogens is 569 g/mol. The van der Waals surface area contributed by atoms with Gasteiger partial charge in [0.25, 0.3) is 5.91 Å². The molecule has 2 N–H and O–H groups in total. The van der Waals surface area contributed by atoms with E-state index in [0.29, 0.717) is 31.7 Å². The molecule has 8 heteroatoms. The standard InChI is InChI=1S/C23H13Br2Cl2NO3/c24-17-10-13(26)9-16(22(17)29)23(30)28-14-6-8-19(18(27)11-14)31-20-7-5-12-3-1-2-4-15(12)21(20)25/h1-11,29H,(H,28,30). The van der Waals surface area contributed by atoms with Crippen LogP contribution in [0.4, 0.5) is 5.69 Å². The van der Waals surface area contributed by atoms with Gasteiger partial charge in [-0.05, 0) is 79.0 Å². The summed E-state index contributed by atoms with van der Waals surface area (Å²) in [4.78, 5) is 12.6. The number of hydrogen-bond donors (Lipinski definition) is 2. The van der Waals surface area contributed by atoms with E-state index < -0.39 is 5.91 Å². The number of carbonyl (C=O) groups is 1. The van der Waals surface area contributed by atoms with E-state index >= 15 is 0 Å². The molecular formula is C23H13Br2Cl2NO3. The van der Waals surface area contributed by atoms with Gasteiger partial charge in [-0.25, -0.2) is 0 Å². The lowest BCUT2D eigenvalue weighted by Crippen LogP contribution is -2.12. The first-order valence-corrected chi connectivity index (χ1v) is 11.3. The average molecular weight is 582 g/mol. The van der Waals surface area contributed by atoms with Gasteiger partial charge in [0.2, 0.25) is 0 Å². The first kappa shape index (κ1) is 22.0. The maximum Gasteiger partial charge on any atom is 0.259 e. The van der Waals surface area contributed by atoms with E-state index in [0.717, 1.165) is 15.2 Å². The first-order chi connectivity index (χ1) is 14.8. The van der Waals surface area contributed by atoms with Crippen molar-refractivity contribution in [2.75, 3.05) is 5.32 Å². The lowest BCUT2D eigenvalue weighted by Gasteiger charge is -2.13. The van der Waals surface area contributed by atoms with Crippen LogP contribution in [0.15, 0.2) is 75.7 Å². The Morgan fingerprint density at radius 1 is 0.935 bits per heavy atom. The number of nitrogens with one attached hydrogen (secondary N) is 1. The third-order valence-electron chi connectivity index (χ3n) is 4.51. The monoisotopic (exact) mass is 579 g/mol. The van der Waals surface area contributed by atoms with Gasteiger partial charge in [0.05, 0.1) is 19.5 Å². The summed E-state index contributed by atoms with van der Waals surface area (Å²) in [5.41, 5.74) is 0.478. The predicted octanol–water partition coefficient (Wildman–Crippen LogP) is 8.42. The molecule has 0 spiro atoms. The molecule has 0 aromatic heterocycles. The summed E-state index contributed by atoms with van der Waals surface area (Å²) in [5, 5.41) is 15.5. The zero-order valence-electron chi connectivity index (χ0n) is 15.6. The lowest BCUT2D eigenvalue weighted by molar-refractivity contribution is 0.102. The number of halogens is 4. The SMILES string of the molecule is O=C(Nc1ccc(Oc2ccc3ccccc3c2Br)c(Cl)c1)c1cc(Cl)cc(Br)c1O. The Labute approximate surface area is 205 Å². The van der Waals surface area contributed by atoms with Crippen molar-refractivity contribution in [3.05, 3.63) is 91.3 Å². The highest BCUT2D eigenvalue weighted by molar-refractivity contribution is 9.11. The molecule has 4 aromatic carbocycles. The lowest BCUT2D eigenvalue weighted by atomic mass is 10.1. The van der Waals surface area contributed by atoms with Crippen molar-refractivity contribution in [2.24, 2.45) is 0 Å². The molecule has 1 amide bonds. The van der Waals surface area contributed by atoms with Crippen molar-refractivity contribution in [1.29, 1.82) is 0 Å². The van der Waals surface area contributed by atoms with E-state index in [-0.39, 0.29) is 11.3 Å². The Kier molecular flexibility index (Phi) is 6.44. The number of carbonyl (C=O) groups excluding carboxylic acids is 1. The maximum atomic E-state index is 12.6. The minimum atomic E-state index is -0.525. The molecule has 0 radical (unpaired) electrons. The summed E-state index contributed by atoms with van der Waals surface area (Å²) in [7, 11) is 0. The topological polar surface area (TPSA) is 58.6 Å². The highest BCUT2D eigenvalue weighted by Gasteiger charge is 2.16. The predicted molar refractivity (Wildman–Crippen MR) is 132 cm³/mol. The van der Waals surface area contributed by atoms with Crippen LogP contribution in [-0.4, -0.2) is 11.0 Å². The number of phenolic OH excluding ortho intramolecular Hbond substituents is 1.